The SMILES string of the molecule is COc1ccc(/C=C(/C#N)C(=O)Nc2cccc3ccccc23)cc1. The highest BCUT2D eigenvalue weighted by Crippen LogP contribution is 2.23. The third-order valence-corrected chi connectivity index (χ3v) is 3.83. The van der Waals surface area contributed by atoms with E-state index in [2.05, 4.69) is 5.32 Å². The molecule has 3 rings (SSSR count). The Bertz CT molecular complexity index is 977. The van der Waals surface area contributed by atoms with Crippen LogP contribution in [0.3, 0.4) is 0 Å². The monoisotopic (exact) mass is 328 g/mol. The predicted octanol–water partition coefficient (Wildman–Crippen LogP) is 4.39. The van der Waals surface area contributed by atoms with E-state index in [0.29, 0.717) is 5.69 Å². The number of carbonyl (C=O) groups excluding carboxylic acids is 1. The molecular formula is C21H16N2O2. The molecule has 1 amide bonds. The number of fused-ring (bicyclic) bond motifs is 1. The highest BCUT2D eigenvalue weighted by molar-refractivity contribution is 6.12. The van der Waals surface area contributed by atoms with Crippen LogP contribution >= 0.6 is 0 Å². The Morgan fingerprint density at radius 3 is 2.48 bits per heavy atom. The first-order valence-electron chi connectivity index (χ1n) is 7.76. The Balaban J connectivity index is 1.87. The lowest BCUT2D eigenvalue weighted by Crippen LogP contribution is -2.13. The third-order valence-electron chi connectivity index (χ3n) is 3.83. The van der Waals surface area contributed by atoms with Crippen LogP contribution in [0.25, 0.3) is 16.8 Å². The first kappa shape index (κ1) is 16.3. The van der Waals surface area contributed by atoms with Crippen LogP contribution < -0.4 is 10.1 Å². The summed E-state index contributed by atoms with van der Waals surface area (Å²) in [6, 6.07) is 22.5. The van der Waals surface area contributed by atoms with Gasteiger partial charge in [0.15, 0.2) is 0 Å². The van der Waals surface area contributed by atoms with Crippen LogP contribution in [0.5, 0.6) is 5.75 Å². The second-order valence-electron chi connectivity index (χ2n) is 5.42. The normalized spacial score (nSPS) is 11.0. The molecule has 0 atom stereocenters. The van der Waals surface area contributed by atoms with Gasteiger partial charge in [-0.05, 0) is 35.2 Å². The zero-order valence-corrected chi connectivity index (χ0v) is 13.7. The van der Waals surface area contributed by atoms with Crippen molar-refractivity contribution in [1.82, 2.24) is 0 Å². The van der Waals surface area contributed by atoms with E-state index in [4.69, 9.17) is 4.74 Å². The lowest BCUT2D eigenvalue weighted by atomic mass is 10.1. The molecule has 0 aliphatic rings. The quantitative estimate of drug-likeness (QED) is 0.570. The fraction of sp³-hybridized carbons (Fsp3) is 0.0476. The van der Waals surface area contributed by atoms with Crippen molar-refractivity contribution in [3.63, 3.8) is 0 Å². The highest BCUT2D eigenvalue weighted by atomic mass is 16.5. The number of carbonyl (C=O) groups is 1. The molecule has 3 aromatic carbocycles. The summed E-state index contributed by atoms with van der Waals surface area (Å²) in [6.07, 6.45) is 1.56. The molecule has 4 nitrogen and oxygen atoms in total. The Hall–Kier alpha value is -3.58. The van der Waals surface area contributed by atoms with Crippen LogP contribution in [-0.4, -0.2) is 13.0 Å². The molecule has 0 fully saturated rings. The summed E-state index contributed by atoms with van der Waals surface area (Å²) in [6.45, 7) is 0. The van der Waals surface area contributed by atoms with Crippen molar-refractivity contribution >= 4 is 28.4 Å². The molecule has 0 radical (unpaired) electrons. The molecule has 0 aliphatic heterocycles. The van der Waals surface area contributed by atoms with Crippen molar-refractivity contribution in [2.24, 2.45) is 0 Å². The topological polar surface area (TPSA) is 62.1 Å². The van der Waals surface area contributed by atoms with Gasteiger partial charge in [-0.3, -0.25) is 4.79 Å². The number of hydrogen-bond donors (Lipinski definition) is 1. The van der Waals surface area contributed by atoms with Gasteiger partial charge in [0, 0.05) is 11.1 Å². The van der Waals surface area contributed by atoms with Crippen molar-refractivity contribution in [3.05, 3.63) is 77.9 Å². The minimum absolute atomic E-state index is 0.0399. The second-order valence-corrected chi connectivity index (χ2v) is 5.42. The summed E-state index contributed by atoms with van der Waals surface area (Å²) in [4.78, 5) is 12.5. The smallest absolute Gasteiger partial charge is 0.266 e. The van der Waals surface area contributed by atoms with E-state index in [1.54, 1.807) is 37.5 Å². The Morgan fingerprint density at radius 1 is 1.04 bits per heavy atom. The predicted molar refractivity (Wildman–Crippen MR) is 99.2 cm³/mol. The number of benzene rings is 3. The van der Waals surface area contributed by atoms with Crippen LogP contribution in [0.4, 0.5) is 5.69 Å². The molecule has 0 bridgehead atoms. The number of nitrogens with zero attached hydrogens (tertiary/aromatic N) is 1. The molecule has 0 saturated heterocycles. The average Bonchev–Trinajstić information content (AvgIpc) is 2.66. The third kappa shape index (κ3) is 3.67. The van der Waals surface area contributed by atoms with Gasteiger partial charge in [0.2, 0.25) is 0 Å². The van der Waals surface area contributed by atoms with E-state index in [0.717, 1.165) is 22.1 Å². The summed E-state index contributed by atoms with van der Waals surface area (Å²) < 4.78 is 5.10. The van der Waals surface area contributed by atoms with Crippen molar-refractivity contribution in [2.45, 2.75) is 0 Å². The van der Waals surface area contributed by atoms with E-state index >= 15 is 0 Å². The number of ether oxygens (including phenoxy) is 1. The molecule has 0 aliphatic carbocycles. The maximum Gasteiger partial charge on any atom is 0.266 e. The number of methoxy groups -OCH3 is 1. The van der Waals surface area contributed by atoms with Gasteiger partial charge in [-0.25, -0.2) is 0 Å². The van der Waals surface area contributed by atoms with Crippen LogP contribution in [0.15, 0.2) is 72.3 Å². The zero-order valence-electron chi connectivity index (χ0n) is 13.7. The van der Waals surface area contributed by atoms with Gasteiger partial charge < -0.3 is 10.1 Å². The molecule has 0 spiro atoms. The number of anilines is 1. The molecule has 0 heterocycles. The van der Waals surface area contributed by atoms with Crippen LogP contribution in [0, 0.1) is 11.3 Å². The Labute approximate surface area is 146 Å². The second kappa shape index (κ2) is 7.33. The first-order valence-corrected chi connectivity index (χ1v) is 7.76. The number of nitrogens with one attached hydrogen (secondary N) is 1. The van der Waals surface area contributed by atoms with Crippen molar-refractivity contribution in [3.8, 4) is 11.8 Å². The molecule has 0 saturated carbocycles. The van der Waals surface area contributed by atoms with Gasteiger partial charge in [0.25, 0.3) is 5.91 Å². The fourth-order valence-electron chi connectivity index (χ4n) is 2.54. The maximum atomic E-state index is 12.5. The number of hydrogen-bond acceptors (Lipinski definition) is 3. The van der Waals surface area contributed by atoms with E-state index in [-0.39, 0.29) is 5.57 Å². The Kier molecular flexibility index (Phi) is 4.77. The van der Waals surface area contributed by atoms with Crippen molar-refractivity contribution < 1.29 is 9.53 Å². The van der Waals surface area contributed by atoms with Gasteiger partial charge in [-0.1, -0.05) is 48.5 Å². The van der Waals surface area contributed by atoms with E-state index < -0.39 is 5.91 Å². The van der Waals surface area contributed by atoms with Gasteiger partial charge in [-0.15, -0.1) is 0 Å². The van der Waals surface area contributed by atoms with Crippen LogP contribution in [0.2, 0.25) is 0 Å². The minimum atomic E-state index is -0.435. The lowest BCUT2D eigenvalue weighted by molar-refractivity contribution is -0.112. The van der Waals surface area contributed by atoms with Crippen molar-refractivity contribution in [1.29, 1.82) is 5.26 Å². The fourth-order valence-corrected chi connectivity index (χ4v) is 2.54. The van der Waals surface area contributed by atoms with Gasteiger partial charge in [0.05, 0.1) is 7.11 Å². The number of rotatable bonds is 4. The lowest BCUT2D eigenvalue weighted by Gasteiger charge is -2.08. The molecule has 0 aromatic heterocycles. The molecule has 122 valence electrons. The molecule has 1 N–H and O–H groups in total. The summed E-state index contributed by atoms with van der Waals surface area (Å²) in [5.41, 5.74) is 1.47. The highest BCUT2D eigenvalue weighted by Gasteiger charge is 2.11. The van der Waals surface area contributed by atoms with Gasteiger partial charge >= 0.3 is 0 Å². The largest absolute Gasteiger partial charge is 0.497 e. The molecule has 0 unspecified atom stereocenters. The Morgan fingerprint density at radius 2 is 1.76 bits per heavy atom. The summed E-state index contributed by atoms with van der Waals surface area (Å²) >= 11 is 0. The standard InChI is InChI=1S/C21H16N2O2/c1-25-18-11-9-15(10-12-18)13-17(14-22)21(24)23-20-8-4-6-16-5-2-3-7-19(16)20/h2-13H,1H3,(H,23,24)/b17-13-. The summed E-state index contributed by atoms with van der Waals surface area (Å²) in [7, 11) is 1.59. The number of nitriles is 1. The minimum Gasteiger partial charge on any atom is -0.497 e. The van der Waals surface area contributed by atoms with E-state index in [1.807, 2.05) is 48.5 Å². The number of amides is 1. The molecule has 3 aromatic rings. The molecule has 25 heavy (non-hydrogen) atoms. The zero-order chi connectivity index (χ0) is 17.6. The van der Waals surface area contributed by atoms with E-state index in [1.165, 1.54) is 0 Å². The van der Waals surface area contributed by atoms with E-state index in [9.17, 15) is 10.1 Å². The van der Waals surface area contributed by atoms with Gasteiger partial charge in [0.1, 0.15) is 17.4 Å². The summed E-state index contributed by atoms with van der Waals surface area (Å²) in [5, 5.41) is 14.1. The summed E-state index contributed by atoms with van der Waals surface area (Å²) in [5.74, 6) is 0.283. The molecular weight excluding hydrogens is 312 g/mol. The van der Waals surface area contributed by atoms with Crippen LogP contribution in [-0.2, 0) is 4.79 Å². The first-order chi connectivity index (χ1) is 12.2. The maximum absolute atomic E-state index is 12.5. The molecule has 4 heteroatoms. The van der Waals surface area contributed by atoms with Crippen LogP contribution in [0.1, 0.15) is 5.56 Å². The average molecular weight is 328 g/mol. The van der Waals surface area contributed by atoms with Crippen molar-refractivity contribution in [2.75, 3.05) is 12.4 Å². The van der Waals surface area contributed by atoms with Gasteiger partial charge in [-0.2, -0.15) is 5.26 Å².